The number of hydrogen-bond acceptors (Lipinski definition) is 7. The molecule has 8 nitrogen and oxygen atoms in total. The summed E-state index contributed by atoms with van der Waals surface area (Å²) in [4.78, 5) is 16.8. The molecule has 0 saturated heterocycles. The van der Waals surface area contributed by atoms with Gasteiger partial charge in [0.2, 0.25) is 11.9 Å². The van der Waals surface area contributed by atoms with Gasteiger partial charge in [0.1, 0.15) is 12.4 Å². The summed E-state index contributed by atoms with van der Waals surface area (Å²) in [6.07, 6.45) is 4.91. The smallest absolute Gasteiger partial charge is 0.323 e. The Morgan fingerprint density at radius 2 is 2.14 bits per heavy atom. The van der Waals surface area contributed by atoms with Gasteiger partial charge in [0.05, 0.1) is 6.61 Å². The highest BCUT2D eigenvalue weighted by atomic mass is 16.5. The van der Waals surface area contributed by atoms with Crippen molar-refractivity contribution in [1.82, 2.24) is 24.5 Å². The third-order valence-corrected chi connectivity index (χ3v) is 2.54. The van der Waals surface area contributed by atoms with Gasteiger partial charge >= 0.3 is 6.01 Å². The van der Waals surface area contributed by atoms with Gasteiger partial charge in [0.15, 0.2) is 0 Å². The molecule has 1 atom stereocenters. The van der Waals surface area contributed by atoms with E-state index in [4.69, 9.17) is 9.47 Å². The lowest BCUT2D eigenvalue weighted by molar-refractivity contribution is 0.0606. The van der Waals surface area contributed by atoms with Crippen LogP contribution in [-0.2, 0) is 4.74 Å². The van der Waals surface area contributed by atoms with Crippen molar-refractivity contribution in [3.8, 4) is 12.0 Å². The Kier molecular flexibility index (Phi) is 5.44. The van der Waals surface area contributed by atoms with Crippen LogP contribution in [0.5, 0.6) is 6.01 Å². The van der Waals surface area contributed by atoms with Gasteiger partial charge in [-0.05, 0) is 20.8 Å². The first kappa shape index (κ1) is 15.2. The van der Waals surface area contributed by atoms with Gasteiger partial charge in [-0.25, -0.2) is 4.98 Å². The third-order valence-electron chi connectivity index (χ3n) is 2.54. The maximum Gasteiger partial charge on any atom is 0.323 e. The molecule has 0 saturated carbocycles. The molecule has 0 bridgehead atoms. The van der Waals surface area contributed by atoms with Crippen LogP contribution in [0.1, 0.15) is 20.8 Å². The minimum absolute atomic E-state index is 0.141. The van der Waals surface area contributed by atoms with Gasteiger partial charge in [-0.3, -0.25) is 4.57 Å². The van der Waals surface area contributed by atoms with Gasteiger partial charge in [-0.15, -0.1) is 0 Å². The molecule has 8 heteroatoms. The molecule has 0 spiro atoms. The van der Waals surface area contributed by atoms with Crippen molar-refractivity contribution in [2.45, 2.75) is 26.9 Å². The van der Waals surface area contributed by atoms with E-state index < -0.39 is 0 Å². The van der Waals surface area contributed by atoms with Crippen LogP contribution in [0, 0.1) is 0 Å². The first-order valence-electron chi connectivity index (χ1n) is 6.95. The third kappa shape index (κ3) is 4.38. The lowest BCUT2D eigenvalue weighted by Crippen LogP contribution is -2.21. The lowest BCUT2D eigenvalue weighted by Gasteiger charge is -2.14. The van der Waals surface area contributed by atoms with Crippen LogP contribution in [0.4, 0.5) is 5.95 Å². The molecule has 1 N–H and O–H groups in total. The summed E-state index contributed by atoms with van der Waals surface area (Å²) in [6.45, 7) is 7.66. The van der Waals surface area contributed by atoms with E-state index in [1.807, 2.05) is 20.8 Å². The minimum Gasteiger partial charge on any atom is -0.458 e. The molecule has 0 radical (unpaired) electrons. The maximum absolute atomic E-state index is 5.68. The zero-order valence-corrected chi connectivity index (χ0v) is 12.5. The zero-order chi connectivity index (χ0) is 15.1. The van der Waals surface area contributed by atoms with Crippen LogP contribution < -0.4 is 10.1 Å². The van der Waals surface area contributed by atoms with Crippen LogP contribution in [0.15, 0.2) is 18.7 Å². The summed E-state index contributed by atoms with van der Waals surface area (Å²) in [5.41, 5.74) is 0. The molecule has 0 aliphatic carbocycles. The second kappa shape index (κ2) is 7.53. The van der Waals surface area contributed by atoms with E-state index in [-0.39, 0.29) is 12.1 Å². The van der Waals surface area contributed by atoms with E-state index in [1.165, 1.54) is 0 Å². The molecule has 0 amide bonds. The Bertz CT molecular complexity index is 546. The van der Waals surface area contributed by atoms with Crippen LogP contribution in [0.2, 0.25) is 0 Å². The summed E-state index contributed by atoms with van der Waals surface area (Å²) in [6, 6.07) is 0.261. The van der Waals surface area contributed by atoms with Crippen molar-refractivity contribution in [2.24, 2.45) is 0 Å². The van der Waals surface area contributed by atoms with Crippen molar-refractivity contribution < 1.29 is 9.47 Å². The predicted octanol–water partition coefficient (Wildman–Crippen LogP) is 1.29. The van der Waals surface area contributed by atoms with Crippen molar-refractivity contribution in [3.63, 3.8) is 0 Å². The van der Waals surface area contributed by atoms with E-state index in [1.54, 1.807) is 23.3 Å². The topological polar surface area (TPSA) is 87.0 Å². The molecule has 2 heterocycles. The van der Waals surface area contributed by atoms with Crippen molar-refractivity contribution >= 4 is 5.95 Å². The molecule has 21 heavy (non-hydrogen) atoms. The number of nitrogens with one attached hydrogen (secondary N) is 1. The molecule has 0 aliphatic heterocycles. The number of nitrogens with zero attached hydrogens (tertiary/aromatic N) is 5. The number of ether oxygens (including phenoxy) is 2. The molecular formula is C13H20N6O2. The Labute approximate surface area is 123 Å². The Morgan fingerprint density at radius 1 is 1.29 bits per heavy atom. The fraction of sp³-hybridized carbons (Fsp3) is 0.538. The van der Waals surface area contributed by atoms with E-state index in [0.717, 1.165) is 0 Å². The number of anilines is 1. The number of aromatic nitrogens is 5. The van der Waals surface area contributed by atoms with Crippen LogP contribution in [0.25, 0.3) is 5.95 Å². The van der Waals surface area contributed by atoms with E-state index in [9.17, 15) is 0 Å². The molecule has 1 unspecified atom stereocenters. The molecule has 2 rings (SSSR count). The van der Waals surface area contributed by atoms with Crippen LogP contribution >= 0.6 is 0 Å². The average molecular weight is 292 g/mol. The number of hydrogen-bond donors (Lipinski definition) is 1. The average Bonchev–Trinajstić information content (AvgIpc) is 2.99. The monoisotopic (exact) mass is 292 g/mol. The summed E-state index contributed by atoms with van der Waals surface area (Å²) in [5.74, 6) is 0.923. The zero-order valence-electron chi connectivity index (χ0n) is 12.5. The SMILES string of the molecule is CCNc1nc(OC(C)COCC)nc(-n2ccnc2)n1. The number of imidazole rings is 1. The number of rotatable bonds is 8. The van der Waals surface area contributed by atoms with Crippen LogP contribution in [-0.4, -0.2) is 50.4 Å². The first-order chi connectivity index (χ1) is 10.2. The Hall–Kier alpha value is -2.22. The summed E-state index contributed by atoms with van der Waals surface area (Å²) in [7, 11) is 0. The second-order valence-electron chi connectivity index (χ2n) is 4.33. The van der Waals surface area contributed by atoms with Gasteiger partial charge in [0, 0.05) is 25.5 Å². The van der Waals surface area contributed by atoms with Gasteiger partial charge in [0.25, 0.3) is 0 Å². The fourth-order valence-electron chi connectivity index (χ4n) is 1.63. The van der Waals surface area contributed by atoms with Gasteiger partial charge in [-0.1, -0.05) is 0 Å². The molecule has 114 valence electrons. The summed E-state index contributed by atoms with van der Waals surface area (Å²) >= 11 is 0. The lowest BCUT2D eigenvalue weighted by atomic mass is 10.4. The normalized spacial score (nSPS) is 12.1. The second-order valence-corrected chi connectivity index (χ2v) is 4.33. The van der Waals surface area contributed by atoms with E-state index in [2.05, 4.69) is 25.3 Å². The molecule has 2 aromatic heterocycles. The minimum atomic E-state index is -0.141. The fourth-order valence-corrected chi connectivity index (χ4v) is 1.63. The van der Waals surface area contributed by atoms with E-state index >= 15 is 0 Å². The largest absolute Gasteiger partial charge is 0.458 e. The Morgan fingerprint density at radius 3 is 2.81 bits per heavy atom. The van der Waals surface area contributed by atoms with Gasteiger partial charge < -0.3 is 14.8 Å². The van der Waals surface area contributed by atoms with Crippen molar-refractivity contribution in [3.05, 3.63) is 18.7 Å². The Balaban J connectivity index is 2.19. The maximum atomic E-state index is 5.68. The van der Waals surface area contributed by atoms with Crippen LogP contribution in [0.3, 0.4) is 0 Å². The highest BCUT2D eigenvalue weighted by molar-refractivity contribution is 5.30. The van der Waals surface area contributed by atoms with Crippen molar-refractivity contribution in [1.29, 1.82) is 0 Å². The molecule has 2 aromatic rings. The van der Waals surface area contributed by atoms with E-state index in [0.29, 0.717) is 31.7 Å². The molecular weight excluding hydrogens is 272 g/mol. The first-order valence-corrected chi connectivity index (χ1v) is 6.95. The van der Waals surface area contributed by atoms with Crippen molar-refractivity contribution in [2.75, 3.05) is 25.1 Å². The highest BCUT2D eigenvalue weighted by Gasteiger charge is 2.12. The molecule has 0 aliphatic rings. The molecule has 0 fully saturated rings. The standard InChI is InChI=1S/C13H20N6O2/c1-4-15-11-16-12(19-7-6-14-9-19)18-13(17-11)21-10(3)8-20-5-2/h6-7,9-10H,4-5,8H2,1-3H3,(H,15,16,17,18). The molecule has 0 aromatic carbocycles. The predicted molar refractivity (Wildman–Crippen MR) is 77.7 cm³/mol. The summed E-state index contributed by atoms with van der Waals surface area (Å²) in [5, 5.41) is 3.06. The highest BCUT2D eigenvalue weighted by Crippen LogP contribution is 2.12. The summed E-state index contributed by atoms with van der Waals surface area (Å²) < 4.78 is 12.7. The van der Waals surface area contributed by atoms with Gasteiger partial charge in [-0.2, -0.15) is 15.0 Å². The quantitative estimate of drug-likeness (QED) is 0.784.